The largest absolute Gasteiger partial charge is 0.454 e. The van der Waals surface area contributed by atoms with Crippen LogP contribution in [-0.4, -0.2) is 6.79 Å². The Morgan fingerprint density at radius 2 is 1.64 bits per heavy atom. The van der Waals surface area contributed by atoms with Crippen LogP contribution in [-0.2, 0) is 0 Å². The topological polar surface area (TPSA) is 18.5 Å². The molecule has 0 aromatic heterocycles. The maximum absolute atomic E-state index is 5.16. The van der Waals surface area contributed by atoms with Crippen molar-refractivity contribution < 1.29 is 9.47 Å². The summed E-state index contributed by atoms with van der Waals surface area (Å²) >= 11 is 0. The number of hydrogen-bond acceptors (Lipinski definition) is 2. The summed E-state index contributed by atoms with van der Waals surface area (Å²) in [4.78, 5) is 0. The van der Waals surface area contributed by atoms with Crippen molar-refractivity contribution in [3.63, 3.8) is 0 Å². The third-order valence-electron chi connectivity index (χ3n) is 3.50. The maximum Gasteiger partial charge on any atom is 0.231 e. The molecule has 0 spiro atoms. The summed E-state index contributed by atoms with van der Waals surface area (Å²) in [6, 6.07) is 14.2. The molecule has 1 aliphatic rings. The zero-order chi connectivity index (χ0) is 18.7. The summed E-state index contributed by atoms with van der Waals surface area (Å²) in [6.45, 7) is 15.9. The first-order chi connectivity index (χ1) is 12.2. The van der Waals surface area contributed by atoms with Gasteiger partial charge in [-0.05, 0) is 48.2 Å². The number of aryl methyl sites for hydroxylation is 2. The van der Waals surface area contributed by atoms with Crippen LogP contribution < -0.4 is 9.47 Å². The summed E-state index contributed by atoms with van der Waals surface area (Å²) in [6.07, 6.45) is 5.60. The molecule has 2 heteroatoms. The van der Waals surface area contributed by atoms with E-state index in [1.807, 2.05) is 63.3 Å². The van der Waals surface area contributed by atoms with Gasteiger partial charge in [0.2, 0.25) is 6.79 Å². The fraction of sp³-hybridized carbons (Fsp3) is 0.217. The van der Waals surface area contributed by atoms with Crippen LogP contribution in [0.1, 0.15) is 30.5 Å². The van der Waals surface area contributed by atoms with E-state index in [2.05, 4.69) is 32.2 Å². The van der Waals surface area contributed by atoms with E-state index in [9.17, 15) is 0 Å². The molecule has 0 amide bonds. The lowest BCUT2D eigenvalue weighted by Gasteiger charge is -2.04. The van der Waals surface area contributed by atoms with Gasteiger partial charge in [-0.3, -0.25) is 0 Å². The summed E-state index contributed by atoms with van der Waals surface area (Å²) in [5.74, 6) is 1.71. The zero-order valence-electron chi connectivity index (χ0n) is 15.7. The average molecular weight is 336 g/mol. The van der Waals surface area contributed by atoms with E-state index in [0.29, 0.717) is 6.79 Å². The van der Waals surface area contributed by atoms with E-state index in [1.165, 1.54) is 16.7 Å². The van der Waals surface area contributed by atoms with Crippen molar-refractivity contribution in [3.8, 4) is 11.5 Å². The lowest BCUT2D eigenvalue weighted by molar-refractivity contribution is 0.174. The Balaban J connectivity index is 0.000000233. The molecule has 2 nitrogen and oxygen atoms in total. The molecule has 2 aromatic carbocycles. The van der Waals surface area contributed by atoms with E-state index >= 15 is 0 Å². The van der Waals surface area contributed by atoms with Gasteiger partial charge in [-0.25, -0.2) is 0 Å². The molecule has 1 heterocycles. The van der Waals surface area contributed by atoms with Gasteiger partial charge in [0, 0.05) is 0 Å². The first-order valence-corrected chi connectivity index (χ1v) is 8.53. The number of ether oxygens (including phenoxy) is 2. The van der Waals surface area contributed by atoms with Crippen molar-refractivity contribution in [2.24, 2.45) is 0 Å². The number of rotatable bonds is 3. The molecule has 0 atom stereocenters. The van der Waals surface area contributed by atoms with Crippen LogP contribution in [0.15, 0.2) is 73.9 Å². The van der Waals surface area contributed by atoms with Crippen LogP contribution in [0, 0.1) is 13.8 Å². The van der Waals surface area contributed by atoms with E-state index in [-0.39, 0.29) is 0 Å². The van der Waals surface area contributed by atoms with Gasteiger partial charge in [0.25, 0.3) is 0 Å². The monoisotopic (exact) mass is 336 g/mol. The molecular formula is C23H28O2. The SMILES string of the molecule is C=C/C=C(\C=C)c1ccccc1C.CC.Cc1ccc2c(c1)OCO2. The number of allylic oxidation sites excluding steroid dienone is 4. The molecule has 25 heavy (non-hydrogen) atoms. The summed E-state index contributed by atoms with van der Waals surface area (Å²) < 4.78 is 10.3. The first kappa shape index (κ1) is 20.3. The Morgan fingerprint density at radius 1 is 0.960 bits per heavy atom. The highest BCUT2D eigenvalue weighted by atomic mass is 16.7. The molecule has 0 bridgehead atoms. The van der Waals surface area contributed by atoms with Gasteiger partial charge in [-0.1, -0.05) is 75.6 Å². The third-order valence-corrected chi connectivity index (χ3v) is 3.50. The van der Waals surface area contributed by atoms with Crippen LogP contribution in [0.3, 0.4) is 0 Å². The van der Waals surface area contributed by atoms with E-state index in [0.717, 1.165) is 17.1 Å². The Labute approximate surface area is 152 Å². The van der Waals surface area contributed by atoms with Crippen molar-refractivity contribution in [3.05, 3.63) is 90.5 Å². The quantitative estimate of drug-likeness (QED) is 0.596. The first-order valence-electron chi connectivity index (χ1n) is 8.53. The van der Waals surface area contributed by atoms with Crippen LogP contribution in [0.4, 0.5) is 0 Å². The second-order valence-corrected chi connectivity index (χ2v) is 5.23. The molecule has 0 aliphatic carbocycles. The molecule has 3 rings (SSSR count). The van der Waals surface area contributed by atoms with Crippen LogP contribution >= 0.6 is 0 Å². The molecule has 0 saturated carbocycles. The summed E-state index contributed by atoms with van der Waals surface area (Å²) in [5, 5.41) is 0. The fourth-order valence-corrected chi connectivity index (χ4v) is 2.30. The van der Waals surface area contributed by atoms with Crippen molar-refractivity contribution in [2.45, 2.75) is 27.7 Å². The standard InChI is InChI=1S/C13H14.C8H8O2.C2H6/c1-4-8-12(5-2)13-10-7-6-9-11(13)3;1-6-2-3-7-8(4-6)10-5-9-7;1-2/h4-10H,1-2H2,3H3;2-4H,5H2,1H3;1-2H3/b12-8+;;. The maximum atomic E-state index is 5.16. The normalized spacial score (nSPS) is 11.4. The van der Waals surface area contributed by atoms with Crippen molar-refractivity contribution in [2.75, 3.05) is 6.79 Å². The van der Waals surface area contributed by atoms with Crippen molar-refractivity contribution in [1.82, 2.24) is 0 Å². The van der Waals surface area contributed by atoms with Gasteiger partial charge >= 0.3 is 0 Å². The van der Waals surface area contributed by atoms with E-state index in [4.69, 9.17) is 9.47 Å². The molecule has 0 radical (unpaired) electrons. The van der Waals surface area contributed by atoms with Crippen molar-refractivity contribution in [1.29, 1.82) is 0 Å². The minimum atomic E-state index is 0.360. The predicted molar refractivity (Wildman–Crippen MR) is 108 cm³/mol. The van der Waals surface area contributed by atoms with Gasteiger partial charge in [-0.15, -0.1) is 0 Å². The highest BCUT2D eigenvalue weighted by Crippen LogP contribution is 2.31. The van der Waals surface area contributed by atoms with Gasteiger partial charge in [0.15, 0.2) is 11.5 Å². The highest BCUT2D eigenvalue weighted by Gasteiger charge is 2.11. The van der Waals surface area contributed by atoms with Crippen LogP contribution in [0.5, 0.6) is 11.5 Å². The molecular weight excluding hydrogens is 308 g/mol. The van der Waals surface area contributed by atoms with E-state index in [1.54, 1.807) is 6.08 Å². The summed E-state index contributed by atoms with van der Waals surface area (Å²) in [5.41, 5.74) is 4.80. The average Bonchev–Trinajstić information content (AvgIpc) is 3.10. The molecule has 1 aliphatic heterocycles. The minimum absolute atomic E-state index is 0.360. The molecule has 0 unspecified atom stereocenters. The zero-order valence-corrected chi connectivity index (χ0v) is 15.7. The number of hydrogen-bond donors (Lipinski definition) is 0. The highest BCUT2D eigenvalue weighted by molar-refractivity contribution is 5.76. The predicted octanol–water partition coefficient (Wildman–Crippen LogP) is 6.50. The Kier molecular flexibility index (Phi) is 8.87. The van der Waals surface area contributed by atoms with Gasteiger partial charge in [0.05, 0.1) is 0 Å². The minimum Gasteiger partial charge on any atom is -0.454 e. The Hall–Kier alpha value is -2.74. The van der Waals surface area contributed by atoms with Gasteiger partial charge in [-0.2, -0.15) is 0 Å². The fourth-order valence-electron chi connectivity index (χ4n) is 2.30. The number of benzene rings is 2. The van der Waals surface area contributed by atoms with Crippen LogP contribution in [0.25, 0.3) is 5.57 Å². The van der Waals surface area contributed by atoms with Gasteiger partial charge < -0.3 is 9.47 Å². The van der Waals surface area contributed by atoms with Crippen molar-refractivity contribution >= 4 is 5.57 Å². The number of fused-ring (bicyclic) bond motifs is 1. The van der Waals surface area contributed by atoms with Gasteiger partial charge in [0.1, 0.15) is 0 Å². The van der Waals surface area contributed by atoms with E-state index < -0.39 is 0 Å². The second-order valence-electron chi connectivity index (χ2n) is 5.23. The smallest absolute Gasteiger partial charge is 0.231 e. The summed E-state index contributed by atoms with van der Waals surface area (Å²) in [7, 11) is 0. The molecule has 0 N–H and O–H groups in total. The molecule has 132 valence electrons. The van der Waals surface area contributed by atoms with Crippen LogP contribution in [0.2, 0.25) is 0 Å². The second kappa shape index (κ2) is 10.9. The third kappa shape index (κ3) is 6.00. The lowest BCUT2D eigenvalue weighted by Crippen LogP contribution is -1.92. The lowest BCUT2D eigenvalue weighted by atomic mass is 10.0. The molecule has 0 saturated heterocycles. The Bertz CT molecular complexity index is 727. The Morgan fingerprint density at radius 3 is 2.28 bits per heavy atom. The molecule has 2 aromatic rings. The molecule has 0 fully saturated rings.